The van der Waals surface area contributed by atoms with Crippen molar-refractivity contribution in [1.29, 1.82) is 0 Å². The quantitative estimate of drug-likeness (QED) is 0.772. The molecule has 2 aromatic rings. The van der Waals surface area contributed by atoms with Crippen LogP contribution in [0.15, 0.2) is 15.7 Å². The minimum absolute atomic E-state index is 0.113. The van der Waals surface area contributed by atoms with E-state index in [1.54, 1.807) is 7.05 Å². The van der Waals surface area contributed by atoms with Gasteiger partial charge in [-0.3, -0.25) is 18.8 Å². The number of carbonyl (C=O) groups is 1. The summed E-state index contributed by atoms with van der Waals surface area (Å²) in [6.45, 7) is -2.94. The van der Waals surface area contributed by atoms with Gasteiger partial charge in [-0.2, -0.15) is 13.9 Å². The van der Waals surface area contributed by atoms with Crippen molar-refractivity contribution in [1.82, 2.24) is 24.6 Å². The first-order valence-corrected chi connectivity index (χ1v) is 8.95. The van der Waals surface area contributed by atoms with Gasteiger partial charge in [0.25, 0.3) is 5.56 Å². The van der Waals surface area contributed by atoms with Crippen molar-refractivity contribution >= 4 is 32.9 Å². The molecule has 11 heteroatoms. The second-order valence-electron chi connectivity index (χ2n) is 6.23. The van der Waals surface area contributed by atoms with E-state index in [4.69, 9.17) is 0 Å². The zero-order valence-electron chi connectivity index (χ0n) is 14.0. The van der Waals surface area contributed by atoms with Gasteiger partial charge in [0.2, 0.25) is 5.91 Å². The summed E-state index contributed by atoms with van der Waals surface area (Å²) in [5, 5.41) is 6.92. The molecule has 8 nitrogen and oxygen atoms in total. The van der Waals surface area contributed by atoms with Gasteiger partial charge < -0.3 is 10.1 Å². The van der Waals surface area contributed by atoms with Crippen LogP contribution in [-0.2, 0) is 23.1 Å². The summed E-state index contributed by atoms with van der Waals surface area (Å²) in [6, 6.07) is -0.113. The summed E-state index contributed by atoms with van der Waals surface area (Å²) < 4.78 is 32.0. The van der Waals surface area contributed by atoms with Crippen LogP contribution in [0.25, 0.3) is 11.0 Å². The largest absolute Gasteiger partial charge is 0.352 e. The molecule has 1 N–H and O–H groups in total. The lowest BCUT2D eigenvalue weighted by atomic mass is 9.93. The molecule has 1 amide bonds. The van der Waals surface area contributed by atoms with Gasteiger partial charge in [0.05, 0.1) is 12.4 Å². The fourth-order valence-corrected chi connectivity index (χ4v) is 3.71. The molecule has 0 unspecified atom stereocenters. The Morgan fingerprint density at radius 2 is 2.12 bits per heavy atom. The lowest BCUT2D eigenvalue weighted by Gasteiger charge is -2.28. The maximum Gasteiger partial charge on any atom is 0.345 e. The SMILES string of the molecule is Cn1nc(Br)c2ncn(CC(=O)NC3CCC(OC(F)F)CC3)c(=O)c21. The molecule has 1 fully saturated rings. The highest BCUT2D eigenvalue weighted by Gasteiger charge is 2.25. The van der Waals surface area contributed by atoms with E-state index in [-0.39, 0.29) is 24.1 Å². The van der Waals surface area contributed by atoms with E-state index >= 15 is 0 Å². The molecule has 1 aliphatic rings. The smallest absolute Gasteiger partial charge is 0.345 e. The Bertz CT molecular complexity index is 861. The number of ether oxygens (including phenoxy) is 1. The van der Waals surface area contributed by atoms with Crippen LogP contribution in [0.3, 0.4) is 0 Å². The van der Waals surface area contributed by atoms with Crippen molar-refractivity contribution in [2.24, 2.45) is 7.05 Å². The van der Waals surface area contributed by atoms with Gasteiger partial charge in [0.15, 0.2) is 10.1 Å². The van der Waals surface area contributed by atoms with Crippen LogP contribution in [-0.4, -0.2) is 44.0 Å². The predicted octanol–water partition coefficient (Wildman–Crippen LogP) is 1.56. The highest BCUT2D eigenvalue weighted by Crippen LogP contribution is 2.23. The van der Waals surface area contributed by atoms with Crippen LogP contribution in [0.5, 0.6) is 0 Å². The van der Waals surface area contributed by atoms with Gasteiger partial charge in [0.1, 0.15) is 12.1 Å². The first-order chi connectivity index (χ1) is 12.3. The van der Waals surface area contributed by atoms with Gasteiger partial charge in [-0.15, -0.1) is 0 Å². The van der Waals surface area contributed by atoms with Crippen LogP contribution >= 0.6 is 15.9 Å². The third kappa shape index (κ3) is 4.09. The fourth-order valence-electron chi connectivity index (χ4n) is 3.18. The van der Waals surface area contributed by atoms with Crippen LogP contribution in [0.4, 0.5) is 8.78 Å². The normalized spacial score (nSPS) is 20.7. The molecule has 0 aliphatic heterocycles. The molecule has 0 saturated heterocycles. The van der Waals surface area contributed by atoms with E-state index in [1.807, 2.05) is 0 Å². The third-order valence-electron chi connectivity index (χ3n) is 4.42. The summed E-state index contributed by atoms with van der Waals surface area (Å²) in [5.74, 6) is -0.326. The van der Waals surface area contributed by atoms with Crippen molar-refractivity contribution in [3.63, 3.8) is 0 Å². The molecule has 2 heterocycles. The Balaban J connectivity index is 1.61. The minimum Gasteiger partial charge on any atom is -0.352 e. The average molecular weight is 434 g/mol. The lowest BCUT2D eigenvalue weighted by Crippen LogP contribution is -2.42. The Morgan fingerprint density at radius 3 is 2.77 bits per heavy atom. The number of nitrogens with zero attached hydrogens (tertiary/aromatic N) is 4. The van der Waals surface area contributed by atoms with Crippen LogP contribution in [0.2, 0.25) is 0 Å². The molecule has 0 aromatic carbocycles. The molecule has 2 aromatic heterocycles. The topological polar surface area (TPSA) is 91.0 Å². The van der Waals surface area contributed by atoms with Crippen LogP contribution in [0, 0.1) is 0 Å². The number of aryl methyl sites for hydroxylation is 1. The fraction of sp³-hybridized carbons (Fsp3) is 0.600. The highest BCUT2D eigenvalue weighted by atomic mass is 79.9. The number of halogens is 3. The van der Waals surface area contributed by atoms with Crippen molar-refractivity contribution < 1.29 is 18.3 Å². The highest BCUT2D eigenvalue weighted by molar-refractivity contribution is 9.10. The monoisotopic (exact) mass is 433 g/mol. The third-order valence-corrected chi connectivity index (χ3v) is 4.95. The Labute approximate surface area is 155 Å². The number of fused-ring (bicyclic) bond motifs is 1. The standard InChI is InChI=1S/C15H18BrF2N5O3/c1-22-12-11(13(16)21-22)19-7-23(14(12)25)6-10(24)20-8-2-4-9(5-3-8)26-15(17)18/h7-9,15H,2-6H2,1H3,(H,20,24). The maximum atomic E-state index is 12.5. The molecule has 3 rings (SSSR count). The van der Waals surface area contributed by atoms with E-state index < -0.39 is 12.7 Å². The molecule has 0 bridgehead atoms. The summed E-state index contributed by atoms with van der Waals surface area (Å²) in [4.78, 5) is 28.9. The number of amides is 1. The van der Waals surface area contributed by atoms with Gasteiger partial charge in [-0.1, -0.05) is 0 Å². The van der Waals surface area contributed by atoms with Crippen molar-refractivity contribution in [2.75, 3.05) is 0 Å². The molecule has 0 atom stereocenters. The molecule has 1 saturated carbocycles. The average Bonchev–Trinajstić information content (AvgIpc) is 2.86. The molecular weight excluding hydrogens is 416 g/mol. The number of carbonyl (C=O) groups excluding carboxylic acids is 1. The number of aromatic nitrogens is 4. The number of hydrogen-bond donors (Lipinski definition) is 1. The number of nitrogens with one attached hydrogen (secondary N) is 1. The summed E-state index contributed by atoms with van der Waals surface area (Å²) >= 11 is 3.23. The number of hydrogen-bond acceptors (Lipinski definition) is 5. The summed E-state index contributed by atoms with van der Waals surface area (Å²) in [5.41, 5.74) is 0.378. The predicted molar refractivity (Wildman–Crippen MR) is 91.7 cm³/mol. The van der Waals surface area contributed by atoms with Gasteiger partial charge in [-0.25, -0.2) is 4.98 Å². The van der Waals surface area contributed by atoms with E-state index in [2.05, 4.69) is 36.1 Å². The van der Waals surface area contributed by atoms with Crippen LogP contribution < -0.4 is 10.9 Å². The molecule has 142 valence electrons. The minimum atomic E-state index is -2.77. The maximum absolute atomic E-state index is 12.5. The zero-order chi connectivity index (χ0) is 18.8. The number of rotatable bonds is 5. The van der Waals surface area contributed by atoms with Crippen molar-refractivity contribution in [3.05, 3.63) is 21.3 Å². The lowest BCUT2D eigenvalue weighted by molar-refractivity contribution is -0.170. The second-order valence-corrected chi connectivity index (χ2v) is 6.98. The second kappa shape index (κ2) is 7.78. The van der Waals surface area contributed by atoms with E-state index in [0.717, 1.165) is 0 Å². The Morgan fingerprint density at radius 1 is 1.42 bits per heavy atom. The van der Waals surface area contributed by atoms with Gasteiger partial charge in [0, 0.05) is 13.1 Å². The van der Waals surface area contributed by atoms with Gasteiger partial charge in [-0.05, 0) is 41.6 Å². The first kappa shape index (κ1) is 18.9. The summed E-state index contributed by atoms with van der Waals surface area (Å²) in [7, 11) is 1.63. The molecule has 0 radical (unpaired) electrons. The summed E-state index contributed by atoms with van der Waals surface area (Å²) in [6.07, 6.45) is 2.89. The zero-order valence-corrected chi connectivity index (χ0v) is 15.6. The number of alkyl halides is 2. The Hall–Kier alpha value is -1.88. The molecule has 1 aliphatic carbocycles. The first-order valence-electron chi connectivity index (χ1n) is 8.15. The van der Waals surface area contributed by atoms with E-state index in [1.165, 1.54) is 15.6 Å². The molecule has 0 spiro atoms. The molecule has 26 heavy (non-hydrogen) atoms. The molecular formula is C15H18BrF2N5O3. The van der Waals surface area contributed by atoms with Crippen molar-refractivity contribution in [3.8, 4) is 0 Å². The van der Waals surface area contributed by atoms with Gasteiger partial charge >= 0.3 is 6.61 Å². The Kier molecular flexibility index (Phi) is 5.66. The van der Waals surface area contributed by atoms with E-state index in [9.17, 15) is 18.4 Å². The van der Waals surface area contributed by atoms with Crippen LogP contribution in [0.1, 0.15) is 25.7 Å². The van der Waals surface area contributed by atoms with Crippen molar-refractivity contribution in [2.45, 2.75) is 51.0 Å². The van der Waals surface area contributed by atoms with E-state index in [0.29, 0.717) is 41.3 Å².